The molecular formula is C25H33NO4S. The largest absolute Gasteiger partial charge is 0.481 e. The fourth-order valence-electron chi connectivity index (χ4n) is 4.13. The molecule has 3 rings (SSSR count). The van der Waals surface area contributed by atoms with Gasteiger partial charge in [0.1, 0.15) is 10.8 Å². The highest BCUT2D eigenvalue weighted by molar-refractivity contribution is 7.17. The lowest BCUT2D eigenvalue weighted by Gasteiger charge is -2.36. The first-order valence-electron chi connectivity index (χ1n) is 11.1. The van der Waals surface area contributed by atoms with Gasteiger partial charge in [-0.25, -0.2) is 4.79 Å². The van der Waals surface area contributed by atoms with E-state index in [0.717, 1.165) is 31.2 Å². The van der Waals surface area contributed by atoms with Crippen molar-refractivity contribution in [3.8, 4) is 5.75 Å². The molecule has 1 amide bonds. The summed E-state index contributed by atoms with van der Waals surface area (Å²) in [6.07, 6.45) is 3.79. The SMILES string of the molecule is CC[C@@H](Oc1ccccc1)C(=O)Nc1sc2c(c1C(=O)OC)CC[C@@H](C(C)(C)CC)C2. The van der Waals surface area contributed by atoms with Crippen LogP contribution in [0.4, 0.5) is 5.00 Å². The van der Waals surface area contributed by atoms with Gasteiger partial charge in [-0.05, 0) is 54.7 Å². The van der Waals surface area contributed by atoms with Crippen LogP contribution in [0.2, 0.25) is 0 Å². The van der Waals surface area contributed by atoms with E-state index in [2.05, 4.69) is 26.1 Å². The highest BCUT2D eigenvalue weighted by Gasteiger charge is 2.36. The van der Waals surface area contributed by atoms with Crippen LogP contribution >= 0.6 is 11.3 Å². The second kappa shape index (κ2) is 9.86. The number of para-hydroxylation sites is 1. The lowest BCUT2D eigenvalue weighted by Crippen LogP contribution is -2.32. The molecular weight excluding hydrogens is 410 g/mol. The van der Waals surface area contributed by atoms with E-state index in [4.69, 9.17) is 9.47 Å². The van der Waals surface area contributed by atoms with E-state index in [9.17, 15) is 9.59 Å². The maximum Gasteiger partial charge on any atom is 0.341 e. The smallest absolute Gasteiger partial charge is 0.341 e. The molecule has 5 nitrogen and oxygen atoms in total. The van der Waals surface area contributed by atoms with Gasteiger partial charge in [-0.3, -0.25) is 4.79 Å². The summed E-state index contributed by atoms with van der Waals surface area (Å²) in [6, 6.07) is 9.30. The molecule has 1 aromatic carbocycles. The lowest BCUT2D eigenvalue weighted by atomic mass is 9.69. The molecule has 31 heavy (non-hydrogen) atoms. The minimum Gasteiger partial charge on any atom is -0.481 e. The molecule has 0 unspecified atom stereocenters. The van der Waals surface area contributed by atoms with E-state index in [0.29, 0.717) is 28.7 Å². The van der Waals surface area contributed by atoms with Crippen LogP contribution in [0.3, 0.4) is 0 Å². The number of nitrogens with one attached hydrogen (secondary N) is 1. The summed E-state index contributed by atoms with van der Waals surface area (Å²) >= 11 is 1.51. The quantitative estimate of drug-likeness (QED) is 0.518. The van der Waals surface area contributed by atoms with Crippen LogP contribution in [0.25, 0.3) is 0 Å². The second-order valence-electron chi connectivity index (χ2n) is 8.80. The van der Waals surface area contributed by atoms with Gasteiger partial charge in [0.25, 0.3) is 5.91 Å². The fraction of sp³-hybridized carbons (Fsp3) is 0.520. The number of anilines is 1. The van der Waals surface area contributed by atoms with Gasteiger partial charge in [-0.2, -0.15) is 0 Å². The van der Waals surface area contributed by atoms with Crippen molar-refractivity contribution in [2.45, 2.75) is 65.9 Å². The number of fused-ring (bicyclic) bond motifs is 1. The van der Waals surface area contributed by atoms with Crippen molar-refractivity contribution >= 4 is 28.2 Å². The third-order valence-electron chi connectivity index (χ3n) is 6.59. The van der Waals surface area contributed by atoms with Crippen molar-refractivity contribution in [1.82, 2.24) is 0 Å². The molecule has 0 bridgehead atoms. The Kier molecular flexibility index (Phi) is 7.42. The molecule has 0 saturated heterocycles. The van der Waals surface area contributed by atoms with E-state index in [-0.39, 0.29) is 11.3 Å². The zero-order valence-corrected chi connectivity index (χ0v) is 19.9. The molecule has 0 spiro atoms. The number of carbonyl (C=O) groups is 2. The van der Waals surface area contributed by atoms with Gasteiger partial charge >= 0.3 is 5.97 Å². The number of amides is 1. The Morgan fingerprint density at radius 2 is 1.94 bits per heavy atom. The maximum absolute atomic E-state index is 13.0. The molecule has 0 aliphatic heterocycles. The number of esters is 1. The molecule has 6 heteroatoms. The zero-order chi connectivity index (χ0) is 22.6. The molecule has 1 aromatic heterocycles. The average Bonchev–Trinajstić information content (AvgIpc) is 3.14. The van der Waals surface area contributed by atoms with E-state index in [1.807, 2.05) is 37.3 Å². The van der Waals surface area contributed by atoms with Gasteiger partial charge < -0.3 is 14.8 Å². The number of thiophene rings is 1. The van der Waals surface area contributed by atoms with Gasteiger partial charge in [0.2, 0.25) is 0 Å². The Bertz CT molecular complexity index is 919. The minimum absolute atomic E-state index is 0.243. The van der Waals surface area contributed by atoms with Crippen molar-refractivity contribution in [3.05, 3.63) is 46.3 Å². The number of hydrogen-bond acceptors (Lipinski definition) is 5. The minimum atomic E-state index is -0.640. The van der Waals surface area contributed by atoms with E-state index in [1.165, 1.54) is 23.3 Å². The Hall–Kier alpha value is -2.34. The Morgan fingerprint density at radius 3 is 2.55 bits per heavy atom. The number of ether oxygens (including phenoxy) is 2. The van der Waals surface area contributed by atoms with Crippen LogP contribution < -0.4 is 10.1 Å². The van der Waals surface area contributed by atoms with Gasteiger partial charge in [0.15, 0.2) is 6.10 Å². The number of methoxy groups -OCH3 is 1. The first-order valence-corrected chi connectivity index (χ1v) is 11.9. The van der Waals surface area contributed by atoms with E-state index >= 15 is 0 Å². The summed E-state index contributed by atoms with van der Waals surface area (Å²) in [5, 5.41) is 3.55. The predicted octanol–water partition coefficient (Wildman–Crippen LogP) is 5.87. The first-order chi connectivity index (χ1) is 14.8. The van der Waals surface area contributed by atoms with Crippen molar-refractivity contribution in [1.29, 1.82) is 0 Å². The average molecular weight is 444 g/mol. The van der Waals surface area contributed by atoms with Crippen LogP contribution in [0.1, 0.15) is 67.8 Å². The van der Waals surface area contributed by atoms with Crippen LogP contribution in [-0.4, -0.2) is 25.1 Å². The molecule has 2 atom stereocenters. The third-order valence-corrected chi connectivity index (χ3v) is 7.76. The van der Waals surface area contributed by atoms with Gasteiger partial charge in [0, 0.05) is 4.88 Å². The Labute approximate surface area is 189 Å². The maximum atomic E-state index is 13.0. The van der Waals surface area contributed by atoms with E-state index in [1.54, 1.807) is 0 Å². The summed E-state index contributed by atoms with van der Waals surface area (Å²) in [7, 11) is 1.39. The van der Waals surface area contributed by atoms with E-state index < -0.39 is 12.1 Å². The molecule has 0 radical (unpaired) electrons. The summed E-state index contributed by atoms with van der Waals surface area (Å²) in [6.45, 7) is 8.76. The summed E-state index contributed by atoms with van der Waals surface area (Å²) < 4.78 is 10.9. The lowest BCUT2D eigenvalue weighted by molar-refractivity contribution is -0.122. The Morgan fingerprint density at radius 1 is 1.23 bits per heavy atom. The molecule has 1 N–H and O–H groups in total. The van der Waals surface area contributed by atoms with Gasteiger partial charge in [-0.15, -0.1) is 11.3 Å². The summed E-state index contributed by atoms with van der Waals surface area (Å²) in [4.78, 5) is 26.8. The predicted molar refractivity (Wildman–Crippen MR) is 125 cm³/mol. The van der Waals surface area contributed by atoms with Gasteiger partial charge in [0.05, 0.1) is 12.7 Å². The highest BCUT2D eigenvalue weighted by Crippen LogP contribution is 2.45. The highest BCUT2D eigenvalue weighted by atomic mass is 32.1. The number of carbonyl (C=O) groups excluding carboxylic acids is 2. The molecule has 0 saturated carbocycles. The standard InChI is InChI=1S/C25H33NO4S/c1-6-19(30-17-11-9-8-10-12-17)22(27)26-23-21(24(28)29-5)18-14-13-16(15-20(18)31-23)25(3,4)7-2/h8-12,16,19H,6-7,13-15H2,1-5H3,(H,26,27)/t16-,19-/m1/s1. The third kappa shape index (κ3) is 5.12. The molecule has 2 aromatic rings. The van der Waals surface area contributed by atoms with Crippen molar-refractivity contribution in [2.24, 2.45) is 11.3 Å². The first kappa shape index (κ1) is 23.3. The second-order valence-corrected chi connectivity index (χ2v) is 9.90. The van der Waals surface area contributed by atoms with Crippen LogP contribution in [0.15, 0.2) is 30.3 Å². The van der Waals surface area contributed by atoms with Crippen molar-refractivity contribution in [3.63, 3.8) is 0 Å². The van der Waals surface area contributed by atoms with Crippen molar-refractivity contribution in [2.75, 3.05) is 12.4 Å². The molecule has 168 valence electrons. The van der Waals surface area contributed by atoms with Crippen molar-refractivity contribution < 1.29 is 19.1 Å². The van der Waals surface area contributed by atoms with Gasteiger partial charge in [-0.1, -0.05) is 52.3 Å². The number of hydrogen-bond donors (Lipinski definition) is 1. The van der Waals surface area contributed by atoms with Crippen LogP contribution in [-0.2, 0) is 22.4 Å². The zero-order valence-electron chi connectivity index (χ0n) is 19.1. The molecule has 1 aliphatic rings. The van der Waals surface area contributed by atoms with Crippen LogP contribution in [0.5, 0.6) is 5.75 Å². The molecule has 1 heterocycles. The summed E-state index contributed by atoms with van der Waals surface area (Å²) in [5.74, 6) is 0.564. The molecule has 1 aliphatic carbocycles. The Balaban J connectivity index is 1.85. The number of rotatable bonds is 8. The normalized spacial score (nSPS) is 16.9. The van der Waals surface area contributed by atoms with Crippen LogP contribution in [0, 0.1) is 11.3 Å². The number of benzene rings is 1. The fourth-order valence-corrected chi connectivity index (χ4v) is 5.44. The monoisotopic (exact) mass is 443 g/mol. The summed E-state index contributed by atoms with van der Waals surface area (Å²) in [5.41, 5.74) is 1.79. The topological polar surface area (TPSA) is 64.6 Å². The molecule has 0 fully saturated rings.